The summed E-state index contributed by atoms with van der Waals surface area (Å²) < 4.78 is 27.4. The second kappa shape index (κ2) is 7.01. The summed E-state index contributed by atoms with van der Waals surface area (Å²) in [5.41, 5.74) is 1.11. The lowest BCUT2D eigenvalue weighted by molar-refractivity contribution is -0.127. The van der Waals surface area contributed by atoms with Gasteiger partial charge in [-0.25, -0.2) is 8.78 Å². The summed E-state index contributed by atoms with van der Waals surface area (Å²) in [5, 5.41) is 9.86. The van der Waals surface area contributed by atoms with Crippen LogP contribution in [0.5, 0.6) is 0 Å². The zero-order valence-electron chi connectivity index (χ0n) is 12.9. The van der Waals surface area contributed by atoms with Gasteiger partial charge in [0.25, 0.3) is 0 Å². The van der Waals surface area contributed by atoms with Crippen molar-refractivity contribution in [2.45, 2.75) is 45.3 Å². The van der Waals surface area contributed by atoms with Gasteiger partial charge >= 0.3 is 0 Å². The predicted octanol–water partition coefficient (Wildman–Crippen LogP) is 3.35. The Balaban J connectivity index is 2.32. The summed E-state index contributed by atoms with van der Waals surface area (Å²) in [7, 11) is 0. The highest BCUT2D eigenvalue weighted by Crippen LogP contribution is 2.34. The second-order valence-corrected chi connectivity index (χ2v) is 5.57. The van der Waals surface area contributed by atoms with Crippen LogP contribution in [0.2, 0.25) is 0 Å². The molecule has 1 heterocycles. The summed E-state index contributed by atoms with van der Waals surface area (Å²) >= 11 is 0. The zero-order valence-corrected chi connectivity index (χ0v) is 12.9. The van der Waals surface area contributed by atoms with Gasteiger partial charge in [-0.1, -0.05) is 19.4 Å². The molecule has 0 spiro atoms. The van der Waals surface area contributed by atoms with Gasteiger partial charge in [-0.3, -0.25) is 4.79 Å². The number of β-amino-alcohol motifs (C(OH)–C–C–N with tert-alkyl or cyclic N) is 1. The quantitative estimate of drug-likeness (QED) is 0.867. The van der Waals surface area contributed by atoms with Gasteiger partial charge < -0.3 is 10.0 Å². The van der Waals surface area contributed by atoms with Crippen LogP contribution in [0.3, 0.4) is 0 Å². The van der Waals surface area contributed by atoms with Crippen molar-refractivity contribution in [2.24, 2.45) is 0 Å². The summed E-state index contributed by atoms with van der Waals surface area (Å²) in [6.07, 6.45) is 2.56. The van der Waals surface area contributed by atoms with E-state index in [4.69, 9.17) is 0 Å². The maximum atomic E-state index is 14.0. The fourth-order valence-electron chi connectivity index (χ4n) is 2.83. The number of carbonyl (C=O) groups excluding carboxylic acids is 1. The number of hydrogen-bond acceptors (Lipinski definition) is 2. The van der Waals surface area contributed by atoms with Crippen LogP contribution in [-0.4, -0.2) is 28.6 Å². The van der Waals surface area contributed by atoms with Gasteiger partial charge in [-0.05, 0) is 37.5 Å². The van der Waals surface area contributed by atoms with Gasteiger partial charge in [0.15, 0.2) is 0 Å². The molecule has 120 valence electrons. The number of aliphatic hydroxyl groups is 1. The lowest BCUT2D eigenvalue weighted by Crippen LogP contribution is -2.31. The number of nitrogens with zero attached hydrogens (tertiary/aromatic N) is 1. The summed E-state index contributed by atoms with van der Waals surface area (Å²) in [4.78, 5) is 13.8. The topological polar surface area (TPSA) is 40.5 Å². The number of hydrogen-bond donors (Lipinski definition) is 1. The molecule has 3 nitrogen and oxygen atoms in total. The number of halogens is 2. The lowest BCUT2D eigenvalue weighted by Gasteiger charge is -2.24. The van der Waals surface area contributed by atoms with Gasteiger partial charge in [-0.15, -0.1) is 0 Å². The highest BCUT2D eigenvalue weighted by atomic mass is 19.1. The third-order valence-electron chi connectivity index (χ3n) is 4.11. The molecule has 1 aliphatic rings. The molecular formula is C17H21F2NO2. The standard InChI is InChI=1S/C17H21F2NO2/c1-3-11(4-2)7-17(22)20-10-13(21)9-16(20)14-8-12(18)5-6-15(14)19/h5-8,13,16,21H,3-4,9-10H2,1-2H3. The first-order chi connectivity index (χ1) is 10.5. The monoisotopic (exact) mass is 309 g/mol. The van der Waals surface area contributed by atoms with Crippen LogP contribution in [0, 0.1) is 11.6 Å². The molecule has 0 bridgehead atoms. The molecule has 5 heteroatoms. The molecule has 1 aliphatic heterocycles. The van der Waals surface area contributed by atoms with E-state index < -0.39 is 23.8 Å². The average Bonchev–Trinajstić information content (AvgIpc) is 2.89. The van der Waals surface area contributed by atoms with Crippen molar-refractivity contribution < 1.29 is 18.7 Å². The maximum absolute atomic E-state index is 14.0. The third-order valence-corrected chi connectivity index (χ3v) is 4.11. The largest absolute Gasteiger partial charge is 0.391 e. The van der Waals surface area contributed by atoms with Crippen molar-refractivity contribution in [3.05, 3.63) is 47.0 Å². The highest BCUT2D eigenvalue weighted by molar-refractivity contribution is 5.89. The summed E-state index contributed by atoms with van der Waals surface area (Å²) in [6.45, 7) is 4.06. The minimum absolute atomic E-state index is 0.118. The van der Waals surface area contributed by atoms with E-state index in [0.29, 0.717) is 0 Å². The second-order valence-electron chi connectivity index (χ2n) is 5.57. The molecule has 1 amide bonds. The van der Waals surface area contributed by atoms with Crippen LogP contribution in [0.1, 0.15) is 44.7 Å². The van der Waals surface area contributed by atoms with Crippen molar-refractivity contribution in [2.75, 3.05) is 6.54 Å². The fourth-order valence-corrected chi connectivity index (χ4v) is 2.83. The van der Waals surface area contributed by atoms with Crippen LogP contribution >= 0.6 is 0 Å². The molecule has 1 fully saturated rings. The van der Waals surface area contributed by atoms with Crippen LogP contribution in [0.15, 0.2) is 29.8 Å². The average molecular weight is 309 g/mol. The van der Waals surface area contributed by atoms with Gasteiger partial charge in [0.1, 0.15) is 11.6 Å². The molecule has 2 atom stereocenters. The Morgan fingerprint density at radius 1 is 1.36 bits per heavy atom. The van der Waals surface area contributed by atoms with Gasteiger partial charge in [-0.2, -0.15) is 0 Å². The van der Waals surface area contributed by atoms with E-state index in [1.54, 1.807) is 6.08 Å². The van der Waals surface area contributed by atoms with Gasteiger partial charge in [0.05, 0.1) is 12.1 Å². The molecule has 1 N–H and O–H groups in total. The molecule has 1 aromatic carbocycles. The van der Waals surface area contributed by atoms with Crippen molar-refractivity contribution >= 4 is 5.91 Å². The third kappa shape index (κ3) is 3.53. The maximum Gasteiger partial charge on any atom is 0.247 e. The van der Waals surface area contributed by atoms with E-state index in [1.807, 2.05) is 13.8 Å². The summed E-state index contributed by atoms with van der Waals surface area (Å²) in [6, 6.07) is 2.56. The Hall–Kier alpha value is -1.75. The Morgan fingerprint density at radius 3 is 2.68 bits per heavy atom. The van der Waals surface area contributed by atoms with Crippen LogP contribution in [0.4, 0.5) is 8.78 Å². The van der Waals surface area contributed by atoms with Crippen LogP contribution in [-0.2, 0) is 4.79 Å². The number of amides is 1. The van der Waals surface area contributed by atoms with E-state index >= 15 is 0 Å². The molecular weight excluding hydrogens is 288 g/mol. The molecule has 22 heavy (non-hydrogen) atoms. The van der Waals surface area contributed by atoms with E-state index in [9.17, 15) is 18.7 Å². The minimum Gasteiger partial charge on any atom is -0.391 e. The molecule has 0 aromatic heterocycles. The van der Waals surface area contributed by atoms with Crippen molar-refractivity contribution in [1.82, 2.24) is 4.90 Å². The number of likely N-dealkylation sites (tertiary alicyclic amines) is 1. The molecule has 1 aromatic rings. The van der Waals surface area contributed by atoms with Crippen molar-refractivity contribution in [1.29, 1.82) is 0 Å². The molecule has 2 unspecified atom stereocenters. The normalized spacial score (nSPS) is 21.0. The number of benzene rings is 1. The Bertz CT molecular complexity index is 580. The van der Waals surface area contributed by atoms with E-state index in [0.717, 1.165) is 36.6 Å². The fraction of sp³-hybridized carbons (Fsp3) is 0.471. The SMILES string of the molecule is CCC(=CC(=O)N1CC(O)CC1c1cc(F)ccc1F)CC. The first kappa shape index (κ1) is 16.6. The van der Waals surface area contributed by atoms with E-state index in [2.05, 4.69) is 0 Å². The number of carbonyl (C=O) groups is 1. The van der Waals surface area contributed by atoms with Crippen LogP contribution < -0.4 is 0 Å². The number of aliphatic hydroxyl groups excluding tert-OH is 1. The summed E-state index contributed by atoms with van der Waals surface area (Å²) in [5.74, 6) is -1.37. The highest BCUT2D eigenvalue weighted by Gasteiger charge is 2.36. The molecule has 0 saturated carbocycles. The lowest BCUT2D eigenvalue weighted by atomic mass is 10.0. The molecule has 0 aliphatic carbocycles. The molecule has 2 rings (SSSR count). The van der Waals surface area contributed by atoms with Gasteiger partial charge in [0, 0.05) is 18.2 Å². The van der Waals surface area contributed by atoms with Crippen molar-refractivity contribution in [3.63, 3.8) is 0 Å². The molecule has 0 radical (unpaired) electrons. The van der Waals surface area contributed by atoms with Gasteiger partial charge in [0.2, 0.25) is 5.91 Å². The Labute approximate surface area is 129 Å². The van der Waals surface area contributed by atoms with E-state index in [-0.39, 0.29) is 24.4 Å². The number of allylic oxidation sites excluding steroid dienone is 1. The minimum atomic E-state index is -0.725. The van der Waals surface area contributed by atoms with E-state index in [1.165, 1.54) is 4.90 Å². The Kier molecular flexibility index (Phi) is 5.29. The first-order valence-electron chi connectivity index (χ1n) is 7.59. The van der Waals surface area contributed by atoms with Crippen LogP contribution in [0.25, 0.3) is 0 Å². The predicted molar refractivity (Wildman–Crippen MR) is 80.1 cm³/mol. The van der Waals surface area contributed by atoms with Crippen molar-refractivity contribution in [3.8, 4) is 0 Å². The Morgan fingerprint density at radius 2 is 2.05 bits per heavy atom. The first-order valence-corrected chi connectivity index (χ1v) is 7.59. The number of rotatable bonds is 4. The zero-order chi connectivity index (χ0) is 16.3. The molecule has 1 saturated heterocycles. The smallest absolute Gasteiger partial charge is 0.247 e.